The van der Waals surface area contributed by atoms with E-state index in [4.69, 9.17) is 0 Å². The Bertz CT molecular complexity index is 756. The Labute approximate surface area is 139 Å². The third kappa shape index (κ3) is 4.47. The Kier molecular flexibility index (Phi) is 5.11. The van der Waals surface area contributed by atoms with Crippen molar-refractivity contribution < 1.29 is 4.79 Å². The SMILES string of the molecule is O=C(Cc1csc(-c2ccccn2)n1)NCCc1ccccc1. The van der Waals surface area contributed by atoms with E-state index in [1.54, 1.807) is 6.20 Å². The lowest BCUT2D eigenvalue weighted by atomic mass is 10.1. The van der Waals surface area contributed by atoms with Gasteiger partial charge in [0.25, 0.3) is 0 Å². The average molecular weight is 323 g/mol. The lowest BCUT2D eigenvalue weighted by molar-refractivity contribution is -0.120. The summed E-state index contributed by atoms with van der Waals surface area (Å²) in [6.07, 6.45) is 2.88. The van der Waals surface area contributed by atoms with Gasteiger partial charge in [0.1, 0.15) is 5.01 Å². The molecule has 0 atom stereocenters. The first-order valence-corrected chi connectivity index (χ1v) is 8.35. The summed E-state index contributed by atoms with van der Waals surface area (Å²) in [7, 11) is 0. The number of rotatable bonds is 6. The van der Waals surface area contributed by atoms with Crippen molar-refractivity contribution in [2.75, 3.05) is 6.54 Å². The smallest absolute Gasteiger partial charge is 0.226 e. The molecule has 1 N–H and O–H groups in total. The maximum Gasteiger partial charge on any atom is 0.226 e. The number of nitrogens with zero attached hydrogens (tertiary/aromatic N) is 2. The third-order valence-electron chi connectivity index (χ3n) is 3.36. The van der Waals surface area contributed by atoms with Crippen LogP contribution in [0.1, 0.15) is 11.3 Å². The van der Waals surface area contributed by atoms with Crippen molar-refractivity contribution in [3.8, 4) is 10.7 Å². The van der Waals surface area contributed by atoms with Crippen molar-refractivity contribution >= 4 is 17.2 Å². The number of thiazole rings is 1. The fourth-order valence-electron chi connectivity index (χ4n) is 2.21. The number of carbonyl (C=O) groups is 1. The molecule has 3 aromatic rings. The van der Waals surface area contributed by atoms with Gasteiger partial charge < -0.3 is 5.32 Å². The van der Waals surface area contributed by atoms with Crippen molar-refractivity contribution in [3.63, 3.8) is 0 Å². The van der Waals surface area contributed by atoms with Crippen molar-refractivity contribution in [2.24, 2.45) is 0 Å². The van der Waals surface area contributed by atoms with Gasteiger partial charge in [0.05, 0.1) is 17.8 Å². The zero-order valence-electron chi connectivity index (χ0n) is 12.6. The summed E-state index contributed by atoms with van der Waals surface area (Å²) < 4.78 is 0. The average Bonchev–Trinajstić information content (AvgIpc) is 3.05. The zero-order chi connectivity index (χ0) is 15.9. The van der Waals surface area contributed by atoms with Crippen molar-refractivity contribution in [1.82, 2.24) is 15.3 Å². The van der Waals surface area contributed by atoms with Gasteiger partial charge in [-0.2, -0.15) is 0 Å². The van der Waals surface area contributed by atoms with Crippen molar-refractivity contribution in [1.29, 1.82) is 0 Å². The molecule has 0 bridgehead atoms. The number of aromatic nitrogens is 2. The van der Waals surface area contributed by atoms with E-state index in [1.165, 1.54) is 16.9 Å². The fourth-order valence-corrected chi connectivity index (χ4v) is 3.01. The Morgan fingerprint density at radius 3 is 2.70 bits per heavy atom. The second kappa shape index (κ2) is 7.65. The van der Waals surface area contributed by atoms with Crippen LogP contribution in [0.3, 0.4) is 0 Å². The van der Waals surface area contributed by atoms with E-state index >= 15 is 0 Å². The highest BCUT2D eigenvalue weighted by molar-refractivity contribution is 7.13. The third-order valence-corrected chi connectivity index (χ3v) is 4.27. The summed E-state index contributed by atoms with van der Waals surface area (Å²) in [6.45, 7) is 0.639. The van der Waals surface area contributed by atoms with Gasteiger partial charge in [0.15, 0.2) is 0 Å². The van der Waals surface area contributed by atoms with Gasteiger partial charge in [-0.25, -0.2) is 4.98 Å². The summed E-state index contributed by atoms with van der Waals surface area (Å²) in [5.74, 6) is -0.00111. The van der Waals surface area contributed by atoms with Gasteiger partial charge >= 0.3 is 0 Å². The second-order valence-corrected chi connectivity index (χ2v) is 5.98. The van der Waals surface area contributed by atoms with Gasteiger partial charge in [-0.1, -0.05) is 36.4 Å². The number of amides is 1. The van der Waals surface area contributed by atoms with Gasteiger partial charge in [-0.05, 0) is 24.1 Å². The van der Waals surface area contributed by atoms with Crippen LogP contribution in [0.25, 0.3) is 10.7 Å². The van der Waals surface area contributed by atoms with E-state index in [2.05, 4.69) is 27.4 Å². The fraction of sp³-hybridized carbons (Fsp3) is 0.167. The van der Waals surface area contributed by atoms with Gasteiger partial charge in [0.2, 0.25) is 5.91 Å². The molecule has 0 fully saturated rings. The topological polar surface area (TPSA) is 54.9 Å². The Morgan fingerprint density at radius 1 is 1.09 bits per heavy atom. The molecule has 2 aromatic heterocycles. The molecule has 0 radical (unpaired) electrons. The van der Waals surface area contributed by atoms with E-state index in [0.29, 0.717) is 13.0 Å². The quantitative estimate of drug-likeness (QED) is 0.758. The van der Waals surface area contributed by atoms with Crippen LogP contribution in [0.5, 0.6) is 0 Å². The molecule has 0 unspecified atom stereocenters. The van der Waals surface area contributed by atoms with Crippen LogP contribution in [0.15, 0.2) is 60.1 Å². The predicted molar refractivity (Wildman–Crippen MR) is 92.2 cm³/mol. The number of nitrogens with one attached hydrogen (secondary N) is 1. The number of benzene rings is 1. The second-order valence-electron chi connectivity index (χ2n) is 5.12. The lowest BCUT2D eigenvalue weighted by Gasteiger charge is -2.04. The molecule has 0 spiro atoms. The molecule has 0 aliphatic rings. The zero-order valence-corrected chi connectivity index (χ0v) is 13.4. The van der Waals surface area contributed by atoms with Crippen LogP contribution in [-0.4, -0.2) is 22.4 Å². The number of hydrogen-bond acceptors (Lipinski definition) is 4. The van der Waals surface area contributed by atoms with E-state index in [-0.39, 0.29) is 5.91 Å². The van der Waals surface area contributed by atoms with Crippen molar-refractivity contribution in [2.45, 2.75) is 12.8 Å². The van der Waals surface area contributed by atoms with Gasteiger partial charge in [0, 0.05) is 18.1 Å². The largest absolute Gasteiger partial charge is 0.355 e. The minimum Gasteiger partial charge on any atom is -0.355 e. The van der Waals surface area contributed by atoms with E-state index in [9.17, 15) is 4.79 Å². The van der Waals surface area contributed by atoms with Crippen LogP contribution >= 0.6 is 11.3 Å². The molecule has 23 heavy (non-hydrogen) atoms. The monoisotopic (exact) mass is 323 g/mol. The summed E-state index contributed by atoms with van der Waals surface area (Å²) in [5, 5.41) is 5.70. The van der Waals surface area contributed by atoms with E-state index in [1.807, 2.05) is 41.8 Å². The molecular formula is C18H17N3OS. The van der Waals surface area contributed by atoms with E-state index in [0.717, 1.165) is 22.8 Å². The predicted octanol–water partition coefficient (Wildman–Crippen LogP) is 3.11. The lowest BCUT2D eigenvalue weighted by Crippen LogP contribution is -2.27. The van der Waals surface area contributed by atoms with Crippen LogP contribution in [0.2, 0.25) is 0 Å². The molecule has 116 valence electrons. The molecule has 4 nitrogen and oxygen atoms in total. The van der Waals surface area contributed by atoms with Crippen molar-refractivity contribution in [3.05, 3.63) is 71.4 Å². The standard InChI is InChI=1S/C18H17N3OS/c22-17(20-11-9-14-6-2-1-3-7-14)12-15-13-23-18(21-15)16-8-4-5-10-19-16/h1-8,10,13H,9,11-12H2,(H,20,22). The first-order chi connectivity index (χ1) is 11.3. The number of pyridine rings is 1. The minimum atomic E-state index is -0.00111. The van der Waals surface area contributed by atoms with Crippen LogP contribution in [0.4, 0.5) is 0 Å². The maximum absolute atomic E-state index is 12.0. The highest BCUT2D eigenvalue weighted by Gasteiger charge is 2.09. The van der Waals surface area contributed by atoms with Crippen LogP contribution in [0, 0.1) is 0 Å². The molecule has 1 amide bonds. The molecule has 0 aliphatic carbocycles. The van der Waals surface area contributed by atoms with Crippen LogP contribution < -0.4 is 5.32 Å². The minimum absolute atomic E-state index is 0.00111. The number of hydrogen-bond donors (Lipinski definition) is 1. The van der Waals surface area contributed by atoms with Gasteiger partial charge in [-0.3, -0.25) is 9.78 Å². The summed E-state index contributed by atoms with van der Waals surface area (Å²) in [5.41, 5.74) is 2.85. The van der Waals surface area contributed by atoms with Crippen LogP contribution in [-0.2, 0) is 17.6 Å². The molecule has 2 heterocycles. The summed E-state index contributed by atoms with van der Waals surface area (Å²) in [6, 6.07) is 15.8. The highest BCUT2D eigenvalue weighted by atomic mass is 32.1. The Hall–Kier alpha value is -2.53. The molecule has 0 saturated heterocycles. The molecule has 0 aliphatic heterocycles. The summed E-state index contributed by atoms with van der Waals surface area (Å²) >= 11 is 1.51. The maximum atomic E-state index is 12.0. The normalized spacial score (nSPS) is 10.4. The van der Waals surface area contributed by atoms with E-state index < -0.39 is 0 Å². The Morgan fingerprint density at radius 2 is 1.91 bits per heavy atom. The molecule has 3 rings (SSSR count). The van der Waals surface area contributed by atoms with Gasteiger partial charge in [-0.15, -0.1) is 11.3 Å². The molecule has 5 heteroatoms. The summed E-state index contributed by atoms with van der Waals surface area (Å²) in [4.78, 5) is 20.7. The molecular weight excluding hydrogens is 306 g/mol. The number of carbonyl (C=O) groups excluding carboxylic acids is 1. The highest BCUT2D eigenvalue weighted by Crippen LogP contribution is 2.21. The first-order valence-electron chi connectivity index (χ1n) is 7.48. The molecule has 1 aromatic carbocycles. The Balaban J connectivity index is 1.49. The first kappa shape index (κ1) is 15.4. The molecule has 0 saturated carbocycles.